The number of ether oxygens (including phenoxy) is 1. The van der Waals surface area contributed by atoms with Crippen LogP contribution in [0.4, 0.5) is 0 Å². The quantitative estimate of drug-likeness (QED) is 0.849. The van der Waals surface area contributed by atoms with Crippen LogP contribution in [-0.2, 0) is 20.7 Å². The summed E-state index contributed by atoms with van der Waals surface area (Å²) in [5, 5.41) is 0. The molecule has 130 valence electrons. The standard InChI is InChI=1S/C19H26N2O3/c1-15-5-7-16(8-6-15)14-18(22)20-9-11-21(12-10-20)19(23)17-4-2-3-13-24-17/h5-8,17H,2-4,9-14H2,1H3/t17-/m0/s1. The molecule has 0 unspecified atom stereocenters. The van der Waals surface area contributed by atoms with Crippen molar-refractivity contribution >= 4 is 11.8 Å². The van der Waals surface area contributed by atoms with Crippen LogP contribution in [0.25, 0.3) is 0 Å². The third-order valence-corrected chi connectivity index (χ3v) is 4.88. The van der Waals surface area contributed by atoms with E-state index in [-0.39, 0.29) is 17.9 Å². The SMILES string of the molecule is Cc1ccc(CC(=O)N2CCN(C(=O)[C@@H]3CCCCO3)CC2)cc1. The van der Waals surface area contributed by atoms with E-state index in [9.17, 15) is 9.59 Å². The third-order valence-electron chi connectivity index (χ3n) is 4.88. The van der Waals surface area contributed by atoms with Crippen LogP contribution in [0.5, 0.6) is 0 Å². The Labute approximate surface area is 143 Å². The molecule has 0 saturated carbocycles. The Hall–Kier alpha value is -1.88. The van der Waals surface area contributed by atoms with Crippen LogP contribution in [0.2, 0.25) is 0 Å². The fourth-order valence-corrected chi connectivity index (χ4v) is 3.31. The van der Waals surface area contributed by atoms with Crippen molar-refractivity contribution in [1.29, 1.82) is 0 Å². The van der Waals surface area contributed by atoms with Crippen molar-refractivity contribution in [2.45, 2.75) is 38.7 Å². The van der Waals surface area contributed by atoms with E-state index in [1.807, 2.05) is 41.0 Å². The summed E-state index contributed by atoms with van der Waals surface area (Å²) in [6.07, 6.45) is 3.09. The Kier molecular flexibility index (Phi) is 5.51. The predicted octanol–water partition coefficient (Wildman–Crippen LogP) is 1.78. The van der Waals surface area contributed by atoms with Crippen molar-refractivity contribution in [1.82, 2.24) is 9.80 Å². The number of aryl methyl sites for hydroxylation is 1. The van der Waals surface area contributed by atoms with Crippen LogP contribution in [0.3, 0.4) is 0 Å². The average Bonchev–Trinajstić information content (AvgIpc) is 2.64. The van der Waals surface area contributed by atoms with Gasteiger partial charge in [-0.05, 0) is 31.7 Å². The Morgan fingerprint density at radius 1 is 1.04 bits per heavy atom. The van der Waals surface area contributed by atoms with Crippen LogP contribution in [-0.4, -0.2) is 60.5 Å². The van der Waals surface area contributed by atoms with Gasteiger partial charge in [-0.25, -0.2) is 0 Å². The molecule has 0 aromatic heterocycles. The zero-order valence-corrected chi connectivity index (χ0v) is 14.4. The maximum absolute atomic E-state index is 12.5. The highest BCUT2D eigenvalue weighted by atomic mass is 16.5. The summed E-state index contributed by atoms with van der Waals surface area (Å²) in [6.45, 7) is 5.17. The molecular formula is C19H26N2O3. The molecule has 1 aromatic rings. The Balaban J connectivity index is 1.48. The minimum Gasteiger partial charge on any atom is -0.368 e. The first-order valence-electron chi connectivity index (χ1n) is 8.87. The average molecular weight is 330 g/mol. The molecule has 2 amide bonds. The topological polar surface area (TPSA) is 49.9 Å². The molecule has 1 atom stereocenters. The lowest BCUT2D eigenvalue weighted by atomic mass is 10.1. The molecule has 0 N–H and O–H groups in total. The van der Waals surface area contributed by atoms with Crippen molar-refractivity contribution in [3.05, 3.63) is 35.4 Å². The van der Waals surface area contributed by atoms with E-state index in [0.717, 1.165) is 24.8 Å². The molecule has 0 radical (unpaired) electrons. The van der Waals surface area contributed by atoms with Gasteiger partial charge >= 0.3 is 0 Å². The summed E-state index contributed by atoms with van der Waals surface area (Å²) >= 11 is 0. The number of piperazine rings is 1. The number of nitrogens with zero attached hydrogens (tertiary/aromatic N) is 2. The summed E-state index contributed by atoms with van der Waals surface area (Å²) in [5.41, 5.74) is 2.24. The third kappa shape index (κ3) is 4.15. The second-order valence-electron chi connectivity index (χ2n) is 6.72. The Morgan fingerprint density at radius 3 is 2.33 bits per heavy atom. The van der Waals surface area contributed by atoms with Gasteiger partial charge in [-0.15, -0.1) is 0 Å². The van der Waals surface area contributed by atoms with Crippen LogP contribution < -0.4 is 0 Å². The van der Waals surface area contributed by atoms with E-state index >= 15 is 0 Å². The van der Waals surface area contributed by atoms with Gasteiger partial charge in [0.05, 0.1) is 6.42 Å². The van der Waals surface area contributed by atoms with Crippen molar-refractivity contribution in [2.24, 2.45) is 0 Å². The van der Waals surface area contributed by atoms with Crippen LogP contribution >= 0.6 is 0 Å². The fourth-order valence-electron chi connectivity index (χ4n) is 3.31. The summed E-state index contributed by atoms with van der Waals surface area (Å²) in [6, 6.07) is 8.08. The van der Waals surface area contributed by atoms with Gasteiger partial charge in [-0.2, -0.15) is 0 Å². The molecule has 3 rings (SSSR count). The summed E-state index contributed by atoms with van der Waals surface area (Å²) in [4.78, 5) is 28.6. The highest BCUT2D eigenvalue weighted by Crippen LogP contribution is 2.16. The lowest BCUT2D eigenvalue weighted by Crippen LogP contribution is -2.53. The van der Waals surface area contributed by atoms with Gasteiger partial charge in [0.2, 0.25) is 5.91 Å². The number of benzene rings is 1. The predicted molar refractivity (Wildman–Crippen MR) is 91.6 cm³/mol. The largest absolute Gasteiger partial charge is 0.368 e. The first-order valence-corrected chi connectivity index (χ1v) is 8.87. The molecule has 2 aliphatic heterocycles. The second kappa shape index (κ2) is 7.79. The van der Waals surface area contributed by atoms with Crippen LogP contribution in [0.15, 0.2) is 24.3 Å². The molecule has 0 bridgehead atoms. The first-order chi connectivity index (χ1) is 11.6. The van der Waals surface area contributed by atoms with E-state index in [0.29, 0.717) is 39.2 Å². The maximum Gasteiger partial charge on any atom is 0.251 e. The zero-order chi connectivity index (χ0) is 16.9. The van der Waals surface area contributed by atoms with Gasteiger partial charge in [-0.3, -0.25) is 9.59 Å². The Morgan fingerprint density at radius 2 is 1.71 bits per heavy atom. The van der Waals surface area contributed by atoms with Crippen LogP contribution in [0, 0.1) is 6.92 Å². The monoisotopic (exact) mass is 330 g/mol. The van der Waals surface area contributed by atoms with E-state index in [1.54, 1.807) is 0 Å². The summed E-state index contributed by atoms with van der Waals surface area (Å²) in [7, 11) is 0. The van der Waals surface area contributed by atoms with Crippen molar-refractivity contribution in [2.75, 3.05) is 32.8 Å². The highest BCUT2D eigenvalue weighted by molar-refractivity contribution is 5.82. The second-order valence-corrected chi connectivity index (χ2v) is 6.72. The molecule has 0 aliphatic carbocycles. The fraction of sp³-hybridized carbons (Fsp3) is 0.579. The lowest BCUT2D eigenvalue weighted by molar-refractivity contribution is -0.150. The van der Waals surface area contributed by atoms with Gasteiger partial charge in [-0.1, -0.05) is 29.8 Å². The summed E-state index contributed by atoms with van der Waals surface area (Å²) in [5.74, 6) is 0.236. The molecule has 5 nitrogen and oxygen atoms in total. The lowest BCUT2D eigenvalue weighted by Gasteiger charge is -2.37. The molecule has 2 aliphatic rings. The number of hydrogen-bond donors (Lipinski definition) is 0. The number of amides is 2. The minimum atomic E-state index is -0.270. The highest BCUT2D eigenvalue weighted by Gasteiger charge is 2.30. The van der Waals surface area contributed by atoms with Crippen molar-refractivity contribution in [3.63, 3.8) is 0 Å². The van der Waals surface area contributed by atoms with Gasteiger partial charge in [0.25, 0.3) is 5.91 Å². The Bertz CT molecular complexity index is 571. The maximum atomic E-state index is 12.5. The molecule has 2 saturated heterocycles. The number of rotatable bonds is 3. The normalized spacial score (nSPS) is 21.6. The first kappa shape index (κ1) is 17.0. The molecule has 2 fully saturated rings. The van der Waals surface area contributed by atoms with Gasteiger partial charge in [0.1, 0.15) is 6.10 Å². The molecule has 5 heteroatoms. The van der Waals surface area contributed by atoms with Gasteiger partial charge in [0.15, 0.2) is 0 Å². The van der Waals surface area contributed by atoms with Gasteiger partial charge in [0, 0.05) is 32.8 Å². The molecule has 2 heterocycles. The zero-order valence-electron chi connectivity index (χ0n) is 14.4. The van der Waals surface area contributed by atoms with E-state index in [1.165, 1.54) is 5.56 Å². The van der Waals surface area contributed by atoms with Crippen LogP contribution in [0.1, 0.15) is 30.4 Å². The number of carbonyl (C=O) groups excluding carboxylic acids is 2. The van der Waals surface area contributed by atoms with Crippen molar-refractivity contribution in [3.8, 4) is 0 Å². The molecular weight excluding hydrogens is 304 g/mol. The molecule has 24 heavy (non-hydrogen) atoms. The molecule has 1 aromatic carbocycles. The minimum absolute atomic E-state index is 0.0975. The van der Waals surface area contributed by atoms with E-state index < -0.39 is 0 Å². The smallest absolute Gasteiger partial charge is 0.251 e. The van der Waals surface area contributed by atoms with Crippen molar-refractivity contribution < 1.29 is 14.3 Å². The number of hydrogen-bond acceptors (Lipinski definition) is 3. The summed E-state index contributed by atoms with van der Waals surface area (Å²) < 4.78 is 5.58. The van der Waals surface area contributed by atoms with E-state index in [2.05, 4.69) is 0 Å². The number of carbonyl (C=O) groups is 2. The van der Waals surface area contributed by atoms with E-state index in [4.69, 9.17) is 4.74 Å². The van der Waals surface area contributed by atoms with Gasteiger partial charge < -0.3 is 14.5 Å². The molecule has 0 spiro atoms.